The van der Waals surface area contributed by atoms with Crippen molar-refractivity contribution in [2.75, 3.05) is 26.8 Å². The molecule has 0 fully saturated rings. The molecule has 0 bridgehead atoms. The van der Waals surface area contributed by atoms with Crippen molar-refractivity contribution in [1.29, 1.82) is 0 Å². The Kier molecular flexibility index (Phi) is 6.79. The third-order valence-corrected chi connectivity index (χ3v) is 2.37. The topological polar surface area (TPSA) is 67.4 Å². The molecule has 0 saturated heterocycles. The van der Waals surface area contributed by atoms with E-state index in [4.69, 9.17) is 4.74 Å². The molecular weight excluding hydrogens is 192 g/mol. The molecule has 0 atom stereocenters. The number of nitrogens with one attached hydrogen (secondary N) is 2. The van der Waals surface area contributed by atoms with Crippen LogP contribution >= 0.6 is 0 Å². The average Bonchev–Trinajstić information content (AvgIpc) is 2.09. The molecule has 0 rings (SSSR count). The Hall–Kier alpha value is -0.430. The van der Waals surface area contributed by atoms with Crippen LogP contribution in [-0.4, -0.2) is 35.2 Å². The number of methoxy groups -OCH3 is 1. The monoisotopic (exact) mass is 208 g/mol. The van der Waals surface area contributed by atoms with E-state index in [0.29, 0.717) is 19.6 Å². The van der Waals surface area contributed by atoms with E-state index in [1.165, 1.54) is 6.08 Å². The lowest BCUT2D eigenvalue weighted by molar-refractivity contribution is 0.196. The lowest BCUT2D eigenvalue weighted by atomic mass is 10.5. The maximum atomic E-state index is 11.0. The number of hydrogen-bond acceptors (Lipinski definition) is 3. The van der Waals surface area contributed by atoms with E-state index in [9.17, 15) is 8.42 Å². The van der Waals surface area contributed by atoms with E-state index >= 15 is 0 Å². The van der Waals surface area contributed by atoms with Gasteiger partial charge >= 0.3 is 0 Å². The summed E-state index contributed by atoms with van der Waals surface area (Å²) in [4.78, 5) is 0. The van der Waals surface area contributed by atoms with Gasteiger partial charge in [-0.2, -0.15) is 13.1 Å². The minimum Gasteiger partial charge on any atom is -0.385 e. The molecule has 6 heteroatoms. The quantitative estimate of drug-likeness (QED) is 0.422. The second-order valence-electron chi connectivity index (χ2n) is 2.38. The summed E-state index contributed by atoms with van der Waals surface area (Å²) < 4.78 is 31.5. The van der Waals surface area contributed by atoms with Crippen molar-refractivity contribution in [1.82, 2.24) is 9.44 Å². The summed E-state index contributed by atoms with van der Waals surface area (Å²) in [7, 11) is -1.78. The van der Waals surface area contributed by atoms with Gasteiger partial charge in [0, 0.05) is 26.8 Å². The first-order valence-corrected chi connectivity index (χ1v) is 5.45. The Morgan fingerprint density at radius 3 is 2.69 bits per heavy atom. The molecule has 0 heterocycles. The minimum atomic E-state index is -3.35. The van der Waals surface area contributed by atoms with Crippen molar-refractivity contribution in [3.63, 3.8) is 0 Å². The van der Waals surface area contributed by atoms with Gasteiger partial charge in [0.15, 0.2) is 0 Å². The van der Waals surface area contributed by atoms with Crippen LogP contribution in [0.15, 0.2) is 12.7 Å². The molecule has 0 aromatic carbocycles. The molecule has 0 aliphatic carbocycles. The zero-order valence-electron chi connectivity index (χ0n) is 7.75. The van der Waals surface area contributed by atoms with Crippen LogP contribution in [0, 0.1) is 0 Å². The highest BCUT2D eigenvalue weighted by atomic mass is 32.2. The van der Waals surface area contributed by atoms with Gasteiger partial charge in [0.1, 0.15) is 0 Å². The van der Waals surface area contributed by atoms with Crippen LogP contribution in [0.25, 0.3) is 0 Å². The van der Waals surface area contributed by atoms with Crippen LogP contribution in [0.4, 0.5) is 0 Å². The van der Waals surface area contributed by atoms with Crippen molar-refractivity contribution in [2.24, 2.45) is 0 Å². The van der Waals surface area contributed by atoms with Crippen LogP contribution in [0.3, 0.4) is 0 Å². The maximum Gasteiger partial charge on any atom is 0.277 e. The highest BCUT2D eigenvalue weighted by molar-refractivity contribution is 7.87. The van der Waals surface area contributed by atoms with Crippen molar-refractivity contribution in [2.45, 2.75) is 6.42 Å². The fourth-order valence-electron chi connectivity index (χ4n) is 0.643. The van der Waals surface area contributed by atoms with E-state index in [1.54, 1.807) is 7.11 Å². The fraction of sp³-hybridized carbons (Fsp3) is 0.714. The molecule has 0 aromatic rings. The zero-order valence-corrected chi connectivity index (χ0v) is 8.56. The van der Waals surface area contributed by atoms with Crippen LogP contribution in [0.5, 0.6) is 0 Å². The molecule has 0 aliphatic rings. The Morgan fingerprint density at radius 2 is 2.15 bits per heavy atom. The highest BCUT2D eigenvalue weighted by Gasteiger charge is 2.05. The Bertz CT molecular complexity index is 226. The molecule has 0 amide bonds. The standard InChI is InChI=1S/C7H16N2O3S/c1-3-5-8-13(10,11)9-6-4-7-12-2/h3,8-9H,1,4-7H2,2H3. The summed E-state index contributed by atoms with van der Waals surface area (Å²) in [6, 6.07) is 0. The lowest BCUT2D eigenvalue weighted by Gasteiger charge is -2.05. The van der Waals surface area contributed by atoms with E-state index < -0.39 is 10.2 Å². The summed E-state index contributed by atoms with van der Waals surface area (Å²) in [5.74, 6) is 0. The van der Waals surface area contributed by atoms with Gasteiger partial charge in [-0.15, -0.1) is 6.58 Å². The average molecular weight is 208 g/mol. The SMILES string of the molecule is C=CCNS(=O)(=O)NCCCOC. The van der Waals surface area contributed by atoms with Gasteiger partial charge in [-0.05, 0) is 6.42 Å². The highest BCUT2D eigenvalue weighted by Crippen LogP contribution is 1.81. The largest absolute Gasteiger partial charge is 0.385 e. The van der Waals surface area contributed by atoms with Crippen LogP contribution in [0.2, 0.25) is 0 Å². The predicted molar refractivity (Wildman–Crippen MR) is 51.6 cm³/mol. The van der Waals surface area contributed by atoms with E-state index in [1.807, 2.05) is 0 Å². The van der Waals surface area contributed by atoms with Crippen LogP contribution in [0.1, 0.15) is 6.42 Å². The Morgan fingerprint density at radius 1 is 1.46 bits per heavy atom. The normalized spacial score (nSPS) is 11.5. The Labute approximate surface area is 79.3 Å². The van der Waals surface area contributed by atoms with Gasteiger partial charge in [-0.1, -0.05) is 6.08 Å². The van der Waals surface area contributed by atoms with Crippen LogP contribution in [-0.2, 0) is 14.9 Å². The van der Waals surface area contributed by atoms with Gasteiger partial charge in [0.2, 0.25) is 0 Å². The number of ether oxygens (including phenoxy) is 1. The maximum absolute atomic E-state index is 11.0. The van der Waals surface area contributed by atoms with Gasteiger partial charge < -0.3 is 4.74 Å². The molecule has 2 N–H and O–H groups in total. The number of hydrogen-bond donors (Lipinski definition) is 2. The molecule has 0 aliphatic heterocycles. The minimum absolute atomic E-state index is 0.236. The van der Waals surface area contributed by atoms with Gasteiger partial charge in [-0.3, -0.25) is 0 Å². The molecule has 0 saturated carbocycles. The number of rotatable bonds is 8. The van der Waals surface area contributed by atoms with Gasteiger partial charge in [0.05, 0.1) is 0 Å². The van der Waals surface area contributed by atoms with Crippen molar-refractivity contribution in [3.05, 3.63) is 12.7 Å². The van der Waals surface area contributed by atoms with E-state index in [0.717, 1.165) is 0 Å². The van der Waals surface area contributed by atoms with E-state index in [2.05, 4.69) is 16.0 Å². The second kappa shape index (κ2) is 7.02. The van der Waals surface area contributed by atoms with Crippen molar-refractivity contribution in [3.8, 4) is 0 Å². The first-order chi connectivity index (χ1) is 6.12. The summed E-state index contributed by atoms with van der Waals surface area (Å²) in [5, 5.41) is 0. The third kappa shape index (κ3) is 7.92. The summed E-state index contributed by atoms with van der Waals surface area (Å²) in [5.41, 5.74) is 0. The molecule has 78 valence electrons. The Balaban J connectivity index is 3.57. The molecular formula is C7H16N2O3S. The first-order valence-electron chi connectivity index (χ1n) is 3.96. The summed E-state index contributed by atoms with van der Waals surface area (Å²) in [6.45, 7) is 4.56. The third-order valence-electron chi connectivity index (χ3n) is 1.24. The molecule has 13 heavy (non-hydrogen) atoms. The van der Waals surface area contributed by atoms with Crippen molar-refractivity contribution >= 4 is 10.2 Å². The summed E-state index contributed by atoms with van der Waals surface area (Å²) in [6.07, 6.45) is 2.14. The molecule has 0 aromatic heterocycles. The van der Waals surface area contributed by atoms with Gasteiger partial charge in [0.25, 0.3) is 10.2 Å². The molecule has 0 unspecified atom stereocenters. The van der Waals surface area contributed by atoms with Gasteiger partial charge in [-0.25, -0.2) is 4.72 Å². The van der Waals surface area contributed by atoms with E-state index in [-0.39, 0.29) is 6.54 Å². The van der Waals surface area contributed by atoms with Crippen LogP contribution < -0.4 is 9.44 Å². The lowest BCUT2D eigenvalue weighted by Crippen LogP contribution is -2.37. The summed E-state index contributed by atoms with van der Waals surface area (Å²) >= 11 is 0. The second-order valence-corrected chi connectivity index (χ2v) is 3.97. The molecule has 0 radical (unpaired) electrons. The smallest absolute Gasteiger partial charge is 0.277 e. The predicted octanol–water partition coefficient (Wildman–Crippen LogP) is -0.367. The van der Waals surface area contributed by atoms with Crippen molar-refractivity contribution < 1.29 is 13.2 Å². The zero-order chi connectivity index (χ0) is 10.2. The molecule has 0 spiro atoms. The fourth-order valence-corrected chi connectivity index (χ4v) is 1.50. The first kappa shape index (κ1) is 12.6. The molecule has 5 nitrogen and oxygen atoms in total.